The number of nitrogens with one attached hydrogen (secondary N) is 5. The zero-order valence-electron chi connectivity index (χ0n) is 13.1. The maximum atomic E-state index is 11.4. The molecule has 132 valence electrons. The Morgan fingerprint density at radius 3 is 2.52 bits per heavy atom. The second-order valence-corrected chi connectivity index (χ2v) is 4.80. The normalized spacial score (nSPS) is 10.2. The third-order valence-corrected chi connectivity index (χ3v) is 2.96. The van der Waals surface area contributed by atoms with Crippen LogP contribution >= 0.6 is 0 Å². The van der Waals surface area contributed by atoms with Crippen LogP contribution in [0.15, 0.2) is 25.5 Å². The first kappa shape index (κ1) is 17.5. The Labute approximate surface area is 136 Å². The summed E-state index contributed by atoms with van der Waals surface area (Å²) in [6.45, 7) is 1.24. The Bertz CT molecular complexity index is 1160. The van der Waals surface area contributed by atoms with Crippen LogP contribution in [-0.4, -0.2) is 35.4 Å². The van der Waals surface area contributed by atoms with Crippen LogP contribution in [0.1, 0.15) is 6.92 Å². The number of anilines is 2. The number of carbonyl (C=O) groups is 1. The molecule has 1 amide bonds. The van der Waals surface area contributed by atoms with Crippen LogP contribution in [0.2, 0.25) is 0 Å². The number of nitrogen functional groups attached to an aromatic ring is 1. The SMILES string of the molecule is CC(=O)Nc1c(N)[nH]c(=O)n(C)c1=O.O=c1[nH]c(=O)c2[nH]cnc2[nH]1. The molecule has 3 aromatic heterocycles. The highest BCUT2D eigenvalue weighted by Gasteiger charge is 2.10. The van der Waals surface area contributed by atoms with E-state index in [4.69, 9.17) is 5.73 Å². The van der Waals surface area contributed by atoms with E-state index in [9.17, 15) is 24.0 Å². The predicted molar refractivity (Wildman–Crippen MR) is 88.4 cm³/mol. The number of rotatable bonds is 1. The summed E-state index contributed by atoms with van der Waals surface area (Å²) in [6, 6.07) is 0. The van der Waals surface area contributed by atoms with Gasteiger partial charge in [-0.15, -0.1) is 0 Å². The Kier molecular flexibility index (Phi) is 4.67. The molecular formula is C12H14N8O5. The van der Waals surface area contributed by atoms with E-state index in [1.807, 2.05) is 0 Å². The van der Waals surface area contributed by atoms with Crippen molar-refractivity contribution < 1.29 is 4.79 Å². The van der Waals surface area contributed by atoms with Crippen LogP contribution in [0.3, 0.4) is 0 Å². The lowest BCUT2D eigenvalue weighted by Gasteiger charge is -2.05. The smallest absolute Gasteiger partial charge is 0.329 e. The maximum absolute atomic E-state index is 11.4. The summed E-state index contributed by atoms with van der Waals surface area (Å²) in [4.78, 5) is 67.6. The summed E-state index contributed by atoms with van der Waals surface area (Å²) in [5.74, 6) is -0.575. The minimum atomic E-state index is -0.638. The molecule has 3 rings (SSSR count). The number of hydrogen-bond acceptors (Lipinski definition) is 7. The minimum Gasteiger partial charge on any atom is -0.383 e. The van der Waals surface area contributed by atoms with Crippen LogP contribution in [0, 0.1) is 0 Å². The summed E-state index contributed by atoms with van der Waals surface area (Å²) in [5.41, 5.74) is 3.54. The van der Waals surface area contributed by atoms with Crippen LogP contribution in [0.4, 0.5) is 11.5 Å². The summed E-state index contributed by atoms with van der Waals surface area (Å²) in [7, 11) is 1.28. The monoisotopic (exact) mass is 350 g/mol. The Hall–Kier alpha value is -3.90. The van der Waals surface area contributed by atoms with Crippen LogP contribution < -0.4 is 33.5 Å². The van der Waals surface area contributed by atoms with Crippen molar-refractivity contribution in [1.29, 1.82) is 0 Å². The minimum absolute atomic E-state index is 0.111. The third kappa shape index (κ3) is 3.72. The number of aromatic amines is 4. The number of nitrogens with two attached hydrogens (primary N) is 1. The molecule has 0 aromatic carbocycles. The number of hydrogen-bond donors (Lipinski definition) is 6. The predicted octanol–water partition coefficient (Wildman–Crippen LogP) is -2.45. The number of carbonyl (C=O) groups excluding carboxylic acids is 1. The van der Waals surface area contributed by atoms with E-state index < -0.39 is 28.4 Å². The second-order valence-electron chi connectivity index (χ2n) is 4.80. The quantitative estimate of drug-likeness (QED) is 0.279. The number of H-pyrrole nitrogens is 4. The third-order valence-electron chi connectivity index (χ3n) is 2.96. The van der Waals surface area contributed by atoms with Gasteiger partial charge < -0.3 is 16.0 Å². The van der Waals surface area contributed by atoms with Crippen molar-refractivity contribution in [3.8, 4) is 0 Å². The highest BCUT2D eigenvalue weighted by molar-refractivity contribution is 5.91. The van der Waals surface area contributed by atoms with Crippen LogP contribution in [0.5, 0.6) is 0 Å². The molecule has 0 atom stereocenters. The number of fused-ring (bicyclic) bond motifs is 1. The van der Waals surface area contributed by atoms with Crippen molar-refractivity contribution in [3.63, 3.8) is 0 Å². The van der Waals surface area contributed by atoms with Gasteiger partial charge in [0.15, 0.2) is 5.65 Å². The molecule has 0 fully saturated rings. The van der Waals surface area contributed by atoms with Gasteiger partial charge in [-0.05, 0) is 0 Å². The first-order chi connectivity index (χ1) is 11.7. The molecule has 0 saturated heterocycles. The van der Waals surface area contributed by atoms with Crippen molar-refractivity contribution >= 4 is 28.6 Å². The van der Waals surface area contributed by atoms with Gasteiger partial charge in [0.1, 0.15) is 17.0 Å². The van der Waals surface area contributed by atoms with Gasteiger partial charge in [-0.1, -0.05) is 0 Å². The number of imidazole rings is 1. The van der Waals surface area contributed by atoms with E-state index in [0.717, 1.165) is 4.57 Å². The van der Waals surface area contributed by atoms with Gasteiger partial charge in [-0.25, -0.2) is 14.6 Å². The Balaban J connectivity index is 0.000000185. The average molecular weight is 350 g/mol. The molecule has 0 saturated carbocycles. The largest absolute Gasteiger partial charge is 0.383 e. The fraction of sp³-hybridized carbons (Fsp3) is 0.167. The van der Waals surface area contributed by atoms with Crippen molar-refractivity contribution in [2.24, 2.45) is 7.05 Å². The first-order valence-electron chi connectivity index (χ1n) is 6.72. The van der Waals surface area contributed by atoms with E-state index in [2.05, 4.69) is 30.2 Å². The average Bonchev–Trinajstić information content (AvgIpc) is 2.98. The van der Waals surface area contributed by atoms with Gasteiger partial charge in [0.05, 0.1) is 6.33 Å². The lowest BCUT2D eigenvalue weighted by Crippen LogP contribution is -2.35. The topological polar surface area (TPSA) is 204 Å². The fourth-order valence-corrected chi connectivity index (χ4v) is 1.80. The van der Waals surface area contributed by atoms with E-state index in [1.54, 1.807) is 0 Å². The highest BCUT2D eigenvalue weighted by atomic mass is 16.2. The van der Waals surface area contributed by atoms with Crippen molar-refractivity contribution in [2.75, 3.05) is 11.1 Å². The molecule has 0 bridgehead atoms. The Morgan fingerprint density at radius 2 is 1.88 bits per heavy atom. The molecule has 25 heavy (non-hydrogen) atoms. The molecule has 3 aromatic rings. The number of aromatic nitrogens is 6. The maximum Gasteiger partial charge on any atom is 0.329 e. The first-order valence-corrected chi connectivity index (χ1v) is 6.72. The zero-order valence-corrected chi connectivity index (χ0v) is 13.1. The molecule has 0 aliphatic carbocycles. The molecular weight excluding hydrogens is 336 g/mol. The van der Waals surface area contributed by atoms with E-state index in [-0.39, 0.29) is 22.7 Å². The van der Waals surface area contributed by atoms with E-state index in [0.29, 0.717) is 0 Å². The van der Waals surface area contributed by atoms with Crippen LogP contribution in [-0.2, 0) is 11.8 Å². The number of amides is 1. The summed E-state index contributed by atoms with van der Waals surface area (Å²) in [6.07, 6.45) is 1.34. The standard InChI is InChI=1S/C7H10N4O3.C5H4N4O2/c1-3(12)9-4-5(8)10-7(14)11(2)6(4)13;10-4-2-3(7-1-6-2)8-5(11)9-4/h8H2,1-2H3,(H,9,12)(H,10,14);1H,(H3,6,7,8,9,10,11). The molecule has 7 N–H and O–H groups in total. The lowest BCUT2D eigenvalue weighted by molar-refractivity contribution is -0.114. The Morgan fingerprint density at radius 1 is 1.20 bits per heavy atom. The molecule has 13 heteroatoms. The van der Waals surface area contributed by atoms with Gasteiger partial charge in [-0.2, -0.15) is 0 Å². The van der Waals surface area contributed by atoms with E-state index in [1.165, 1.54) is 20.3 Å². The van der Waals surface area contributed by atoms with Gasteiger partial charge >= 0.3 is 11.4 Å². The number of nitrogens with zero attached hydrogens (tertiary/aromatic N) is 2. The highest BCUT2D eigenvalue weighted by Crippen LogP contribution is 2.05. The molecule has 0 spiro atoms. The fourth-order valence-electron chi connectivity index (χ4n) is 1.80. The molecule has 3 heterocycles. The molecule has 0 aliphatic heterocycles. The van der Waals surface area contributed by atoms with Crippen molar-refractivity contribution in [3.05, 3.63) is 48.0 Å². The molecule has 13 nitrogen and oxygen atoms in total. The van der Waals surface area contributed by atoms with Crippen molar-refractivity contribution in [2.45, 2.75) is 6.92 Å². The van der Waals surface area contributed by atoms with Gasteiger partial charge in [0.25, 0.3) is 11.1 Å². The van der Waals surface area contributed by atoms with Crippen LogP contribution in [0.25, 0.3) is 11.2 Å². The summed E-state index contributed by atoms with van der Waals surface area (Å²) >= 11 is 0. The molecule has 0 radical (unpaired) electrons. The summed E-state index contributed by atoms with van der Waals surface area (Å²) in [5, 5.41) is 2.24. The summed E-state index contributed by atoms with van der Waals surface area (Å²) < 4.78 is 0.821. The molecule has 0 aliphatic rings. The van der Waals surface area contributed by atoms with E-state index >= 15 is 0 Å². The van der Waals surface area contributed by atoms with Gasteiger partial charge in [0.2, 0.25) is 5.91 Å². The lowest BCUT2D eigenvalue weighted by atomic mass is 10.4. The van der Waals surface area contributed by atoms with Gasteiger partial charge in [0, 0.05) is 14.0 Å². The molecule has 0 unspecified atom stereocenters. The van der Waals surface area contributed by atoms with Gasteiger partial charge in [-0.3, -0.25) is 33.9 Å². The second kappa shape index (κ2) is 6.69. The zero-order chi connectivity index (χ0) is 18.7. The van der Waals surface area contributed by atoms with Crippen molar-refractivity contribution in [1.82, 2.24) is 29.5 Å².